The maximum Gasteiger partial charge on any atom is 0.311 e. The number of esters is 1. The van der Waals surface area contributed by atoms with Crippen LogP contribution >= 0.6 is 0 Å². The van der Waals surface area contributed by atoms with Crippen molar-refractivity contribution in [3.05, 3.63) is 23.8 Å². The van der Waals surface area contributed by atoms with E-state index in [0.717, 1.165) is 5.56 Å². The lowest BCUT2D eigenvalue weighted by atomic mass is 10.1. The summed E-state index contributed by atoms with van der Waals surface area (Å²) in [6.45, 7) is 7.30. The first-order valence-corrected chi connectivity index (χ1v) is 8.53. The molecule has 1 heterocycles. The van der Waals surface area contributed by atoms with Crippen LogP contribution in [0.5, 0.6) is 5.75 Å². The van der Waals surface area contributed by atoms with Crippen molar-refractivity contribution in [3.8, 4) is 5.75 Å². The van der Waals surface area contributed by atoms with Gasteiger partial charge in [0.25, 0.3) is 5.91 Å². The number of rotatable bonds is 5. The smallest absolute Gasteiger partial charge is 0.311 e. The molecule has 1 aliphatic rings. The first-order valence-electron chi connectivity index (χ1n) is 8.53. The number of ether oxygens (including phenoxy) is 2. The normalized spacial score (nSPS) is 17.2. The van der Waals surface area contributed by atoms with Crippen molar-refractivity contribution in [2.75, 3.05) is 25.2 Å². The first-order chi connectivity index (χ1) is 12.1. The van der Waals surface area contributed by atoms with Crippen LogP contribution in [-0.2, 0) is 19.1 Å². The molecule has 2 amide bonds. The van der Waals surface area contributed by atoms with E-state index in [4.69, 9.17) is 9.47 Å². The summed E-state index contributed by atoms with van der Waals surface area (Å²) >= 11 is 0. The monoisotopic (exact) mass is 362 g/mol. The highest BCUT2D eigenvalue weighted by Gasteiger charge is 2.37. The molecule has 26 heavy (non-hydrogen) atoms. The van der Waals surface area contributed by atoms with Gasteiger partial charge in [0, 0.05) is 18.5 Å². The van der Waals surface area contributed by atoms with Crippen LogP contribution in [0.4, 0.5) is 5.69 Å². The number of amides is 2. The average Bonchev–Trinajstić information content (AvgIpc) is 2.92. The highest BCUT2D eigenvalue weighted by atomic mass is 16.5. The van der Waals surface area contributed by atoms with Gasteiger partial charge in [-0.3, -0.25) is 14.4 Å². The van der Waals surface area contributed by atoms with Gasteiger partial charge >= 0.3 is 5.97 Å². The summed E-state index contributed by atoms with van der Waals surface area (Å²) in [6, 6.07) is 5.53. The van der Waals surface area contributed by atoms with Gasteiger partial charge in [-0.05, 0) is 45.4 Å². The lowest BCUT2D eigenvalue weighted by Crippen LogP contribution is -2.43. The molecule has 1 N–H and O–H groups in total. The number of nitrogens with zero attached hydrogens (tertiary/aromatic N) is 1. The number of carbonyl (C=O) groups is 3. The number of methoxy groups -OCH3 is 1. The largest absolute Gasteiger partial charge is 0.495 e. The SMILES string of the molecule is COc1ccc(C)cc1N1C[C@H](C(=O)OCC(=O)NC(C)(C)C)CC1=O. The van der Waals surface area contributed by atoms with E-state index in [2.05, 4.69) is 5.32 Å². The van der Waals surface area contributed by atoms with Gasteiger partial charge in [0.15, 0.2) is 6.61 Å². The van der Waals surface area contributed by atoms with Crippen molar-refractivity contribution < 1.29 is 23.9 Å². The van der Waals surface area contributed by atoms with Gasteiger partial charge in [-0.15, -0.1) is 0 Å². The number of carbonyl (C=O) groups excluding carboxylic acids is 3. The summed E-state index contributed by atoms with van der Waals surface area (Å²) < 4.78 is 10.4. The summed E-state index contributed by atoms with van der Waals surface area (Å²) in [6.07, 6.45) is 0.0524. The van der Waals surface area contributed by atoms with Gasteiger partial charge in [-0.25, -0.2) is 0 Å². The van der Waals surface area contributed by atoms with Crippen LogP contribution in [0.15, 0.2) is 18.2 Å². The predicted octanol–water partition coefficient (Wildman–Crippen LogP) is 1.81. The maximum atomic E-state index is 12.4. The molecule has 1 aromatic rings. The number of anilines is 1. The van der Waals surface area contributed by atoms with E-state index in [1.807, 2.05) is 39.8 Å². The topological polar surface area (TPSA) is 84.9 Å². The molecule has 0 aliphatic carbocycles. The van der Waals surface area contributed by atoms with Crippen molar-refractivity contribution >= 4 is 23.5 Å². The Balaban J connectivity index is 2.00. The van der Waals surface area contributed by atoms with Gasteiger partial charge in [0.1, 0.15) is 5.75 Å². The highest BCUT2D eigenvalue weighted by molar-refractivity contribution is 6.00. The van der Waals surface area contributed by atoms with Crippen LogP contribution in [0, 0.1) is 12.8 Å². The molecule has 142 valence electrons. The van der Waals surface area contributed by atoms with Crippen LogP contribution in [0.3, 0.4) is 0 Å². The van der Waals surface area contributed by atoms with Gasteiger partial charge < -0.3 is 19.7 Å². The Kier molecular flexibility index (Phi) is 5.90. The van der Waals surface area contributed by atoms with Crippen LogP contribution < -0.4 is 15.0 Å². The number of hydrogen-bond acceptors (Lipinski definition) is 5. The zero-order valence-corrected chi connectivity index (χ0v) is 15.9. The van der Waals surface area contributed by atoms with Crippen molar-refractivity contribution in [2.24, 2.45) is 5.92 Å². The lowest BCUT2D eigenvalue weighted by molar-refractivity contribution is -0.152. The van der Waals surface area contributed by atoms with E-state index < -0.39 is 17.4 Å². The Morgan fingerprint density at radius 2 is 2.00 bits per heavy atom. The zero-order valence-electron chi connectivity index (χ0n) is 15.9. The molecule has 0 radical (unpaired) electrons. The molecule has 7 nitrogen and oxygen atoms in total. The number of aryl methyl sites for hydroxylation is 1. The Morgan fingerprint density at radius 3 is 2.62 bits per heavy atom. The molecule has 0 bridgehead atoms. The highest BCUT2D eigenvalue weighted by Crippen LogP contribution is 2.34. The summed E-state index contributed by atoms with van der Waals surface area (Å²) in [5, 5.41) is 2.72. The molecule has 0 spiro atoms. The molecular weight excluding hydrogens is 336 g/mol. The van der Waals surface area contributed by atoms with E-state index in [0.29, 0.717) is 11.4 Å². The molecule has 7 heteroatoms. The first kappa shape index (κ1) is 19.8. The minimum atomic E-state index is -0.602. The quantitative estimate of drug-likeness (QED) is 0.808. The van der Waals surface area contributed by atoms with Crippen molar-refractivity contribution in [1.29, 1.82) is 0 Å². The van der Waals surface area contributed by atoms with Crippen molar-refractivity contribution in [1.82, 2.24) is 5.32 Å². The number of nitrogens with one attached hydrogen (secondary N) is 1. The number of hydrogen-bond donors (Lipinski definition) is 1. The Morgan fingerprint density at radius 1 is 1.31 bits per heavy atom. The van der Waals surface area contributed by atoms with Gasteiger partial charge in [0.2, 0.25) is 5.91 Å². The Labute approximate surface area is 153 Å². The molecule has 1 aromatic carbocycles. The van der Waals surface area contributed by atoms with Gasteiger partial charge in [-0.2, -0.15) is 0 Å². The van der Waals surface area contributed by atoms with Crippen LogP contribution in [0.2, 0.25) is 0 Å². The summed E-state index contributed by atoms with van der Waals surface area (Å²) in [5.41, 5.74) is 1.22. The Hall–Kier alpha value is -2.57. The maximum absolute atomic E-state index is 12.4. The second-order valence-corrected chi connectivity index (χ2v) is 7.49. The van der Waals surface area contributed by atoms with Crippen molar-refractivity contribution in [2.45, 2.75) is 39.7 Å². The van der Waals surface area contributed by atoms with E-state index >= 15 is 0 Å². The summed E-state index contributed by atoms with van der Waals surface area (Å²) in [5.74, 6) is -1.11. The molecule has 1 fully saturated rings. The van der Waals surface area contributed by atoms with Crippen LogP contribution in [0.1, 0.15) is 32.8 Å². The van der Waals surface area contributed by atoms with Gasteiger partial charge in [-0.1, -0.05) is 6.07 Å². The van der Waals surface area contributed by atoms with E-state index in [1.54, 1.807) is 6.07 Å². The fourth-order valence-electron chi connectivity index (χ4n) is 2.82. The second-order valence-electron chi connectivity index (χ2n) is 7.49. The number of benzene rings is 1. The molecule has 0 unspecified atom stereocenters. The molecule has 1 atom stereocenters. The zero-order chi connectivity index (χ0) is 19.5. The fourth-order valence-corrected chi connectivity index (χ4v) is 2.82. The lowest BCUT2D eigenvalue weighted by Gasteiger charge is -2.21. The molecule has 0 aromatic heterocycles. The molecule has 1 aliphatic heterocycles. The minimum absolute atomic E-state index is 0.0524. The van der Waals surface area contributed by atoms with Crippen LogP contribution in [0.25, 0.3) is 0 Å². The molecule has 2 rings (SSSR count). The van der Waals surface area contributed by atoms with E-state index in [-0.39, 0.29) is 31.4 Å². The third-order valence-electron chi connectivity index (χ3n) is 3.94. The second kappa shape index (κ2) is 7.76. The average molecular weight is 362 g/mol. The van der Waals surface area contributed by atoms with Crippen molar-refractivity contribution in [3.63, 3.8) is 0 Å². The predicted molar refractivity (Wildman–Crippen MR) is 97.0 cm³/mol. The summed E-state index contributed by atoms with van der Waals surface area (Å²) in [4.78, 5) is 37.9. The third kappa shape index (κ3) is 4.97. The van der Waals surface area contributed by atoms with Crippen LogP contribution in [-0.4, -0.2) is 43.6 Å². The van der Waals surface area contributed by atoms with E-state index in [9.17, 15) is 14.4 Å². The molecular formula is C19H26N2O5. The van der Waals surface area contributed by atoms with E-state index in [1.165, 1.54) is 12.0 Å². The molecule has 1 saturated heterocycles. The summed E-state index contributed by atoms with van der Waals surface area (Å²) in [7, 11) is 1.54. The standard InChI is InChI=1S/C19H26N2O5/c1-12-6-7-15(25-5)14(8-12)21-10-13(9-17(21)23)18(24)26-11-16(22)20-19(2,3)4/h6-8,13H,9-11H2,1-5H3,(H,20,22)/t13-/m1/s1. The molecule has 0 saturated carbocycles. The Bertz CT molecular complexity index is 708. The van der Waals surface area contributed by atoms with Gasteiger partial charge in [0.05, 0.1) is 18.7 Å². The minimum Gasteiger partial charge on any atom is -0.495 e. The third-order valence-corrected chi connectivity index (χ3v) is 3.94. The fraction of sp³-hybridized carbons (Fsp3) is 0.526.